The number of carboxylic acid groups (broad SMARTS) is 1. The Labute approximate surface area is 119 Å². The van der Waals surface area contributed by atoms with E-state index >= 15 is 0 Å². The summed E-state index contributed by atoms with van der Waals surface area (Å²) in [6, 6.07) is -2.96. The van der Waals surface area contributed by atoms with Crippen LogP contribution >= 0.6 is 0 Å². The smallest absolute Gasteiger partial charge is 0.328 e. The molecule has 0 aliphatic rings. The van der Waals surface area contributed by atoms with Gasteiger partial charge in [-0.15, -0.1) is 0 Å². The SMILES string of the molecule is CCCC[C@H](N)C(=O)N([C@H](C)C(=O)OC)[C@@H](C)C(=O)O. The lowest BCUT2D eigenvalue weighted by Crippen LogP contribution is -2.56. The number of esters is 1. The van der Waals surface area contributed by atoms with Crippen LogP contribution in [0.5, 0.6) is 0 Å². The Bertz CT molecular complexity index is 359. The minimum Gasteiger partial charge on any atom is -0.480 e. The summed E-state index contributed by atoms with van der Waals surface area (Å²) in [4.78, 5) is 35.9. The van der Waals surface area contributed by atoms with Crippen molar-refractivity contribution in [3.8, 4) is 0 Å². The first kappa shape index (κ1) is 18.4. The summed E-state index contributed by atoms with van der Waals surface area (Å²) in [5.41, 5.74) is 5.79. The third-order valence-corrected chi connectivity index (χ3v) is 3.17. The molecule has 0 bridgehead atoms. The monoisotopic (exact) mass is 288 g/mol. The average Bonchev–Trinajstić information content (AvgIpc) is 2.43. The normalized spacial score (nSPS) is 15.1. The van der Waals surface area contributed by atoms with Crippen molar-refractivity contribution in [3.63, 3.8) is 0 Å². The highest BCUT2D eigenvalue weighted by Crippen LogP contribution is 2.12. The number of hydrogen-bond acceptors (Lipinski definition) is 5. The summed E-state index contributed by atoms with van der Waals surface area (Å²) in [6.45, 7) is 4.73. The first-order valence-corrected chi connectivity index (χ1v) is 6.66. The van der Waals surface area contributed by atoms with E-state index in [9.17, 15) is 14.4 Å². The van der Waals surface area contributed by atoms with Crippen LogP contribution in [0, 0.1) is 0 Å². The zero-order valence-corrected chi connectivity index (χ0v) is 12.5. The summed E-state index contributed by atoms with van der Waals surface area (Å²) in [5.74, 6) is -2.42. The predicted molar refractivity (Wildman–Crippen MR) is 72.9 cm³/mol. The Balaban J connectivity index is 5.16. The highest BCUT2D eigenvalue weighted by Gasteiger charge is 2.36. The molecule has 1 amide bonds. The molecule has 0 saturated carbocycles. The summed E-state index contributed by atoms with van der Waals surface area (Å²) in [5, 5.41) is 9.08. The van der Waals surface area contributed by atoms with Crippen molar-refractivity contribution < 1.29 is 24.2 Å². The number of methoxy groups -OCH3 is 1. The molecule has 0 aromatic carbocycles. The van der Waals surface area contributed by atoms with E-state index in [-0.39, 0.29) is 0 Å². The van der Waals surface area contributed by atoms with E-state index in [1.807, 2.05) is 6.92 Å². The van der Waals surface area contributed by atoms with Gasteiger partial charge in [-0.25, -0.2) is 9.59 Å². The maximum Gasteiger partial charge on any atom is 0.328 e. The summed E-state index contributed by atoms with van der Waals surface area (Å²) in [6.07, 6.45) is 2.09. The standard InChI is InChI=1S/C13H24N2O5/c1-5-6-7-10(14)11(16)15(8(2)12(17)18)9(3)13(19)20-4/h8-10H,5-7,14H2,1-4H3,(H,17,18)/t8-,9+,10-/m0/s1. The highest BCUT2D eigenvalue weighted by atomic mass is 16.5. The molecule has 116 valence electrons. The number of nitrogens with two attached hydrogens (primary N) is 1. The van der Waals surface area contributed by atoms with Crippen LogP contribution in [0.2, 0.25) is 0 Å². The van der Waals surface area contributed by atoms with Gasteiger partial charge in [0.1, 0.15) is 12.1 Å². The van der Waals surface area contributed by atoms with E-state index < -0.39 is 36.0 Å². The van der Waals surface area contributed by atoms with Crippen LogP contribution in [0.1, 0.15) is 40.0 Å². The molecule has 0 saturated heterocycles. The zero-order chi connectivity index (χ0) is 15.9. The van der Waals surface area contributed by atoms with E-state index in [0.29, 0.717) is 6.42 Å². The second kappa shape index (κ2) is 8.52. The van der Waals surface area contributed by atoms with Gasteiger partial charge in [0, 0.05) is 0 Å². The second-order valence-corrected chi connectivity index (χ2v) is 4.71. The van der Waals surface area contributed by atoms with Crippen LogP contribution < -0.4 is 5.73 Å². The Morgan fingerprint density at radius 1 is 1.25 bits per heavy atom. The van der Waals surface area contributed by atoms with Crippen LogP contribution in [0.25, 0.3) is 0 Å². The Hall–Kier alpha value is -1.63. The van der Waals surface area contributed by atoms with Gasteiger partial charge in [-0.05, 0) is 20.3 Å². The number of rotatable bonds is 8. The molecule has 0 radical (unpaired) electrons. The molecule has 0 heterocycles. The molecule has 0 unspecified atom stereocenters. The molecule has 20 heavy (non-hydrogen) atoms. The number of hydrogen-bond donors (Lipinski definition) is 2. The summed E-state index contributed by atoms with van der Waals surface area (Å²) >= 11 is 0. The zero-order valence-electron chi connectivity index (χ0n) is 12.5. The van der Waals surface area contributed by atoms with Crippen LogP contribution in [0.15, 0.2) is 0 Å². The fraction of sp³-hybridized carbons (Fsp3) is 0.769. The van der Waals surface area contributed by atoms with Crippen molar-refractivity contribution in [2.24, 2.45) is 5.73 Å². The van der Waals surface area contributed by atoms with E-state index in [2.05, 4.69) is 4.74 Å². The molecule has 0 fully saturated rings. The quantitative estimate of drug-likeness (QED) is 0.624. The molecule has 0 rings (SSSR count). The number of aliphatic carboxylic acids is 1. The molecule has 3 N–H and O–H groups in total. The Kier molecular flexibility index (Phi) is 7.83. The van der Waals surface area contributed by atoms with E-state index in [1.54, 1.807) is 0 Å². The lowest BCUT2D eigenvalue weighted by Gasteiger charge is -2.32. The number of ether oxygens (including phenoxy) is 1. The molecule has 0 spiro atoms. The number of amides is 1. The molecule has 7 heteroatoms. The van der Waals surface area contributed by atoms with Crippen molar-refractivity contribution in [1.82, 2.24) is 4.90 Å². The maximum atomic E-state index is 12.3. The average molecular weight is 288 g/mol. The minimum atomic E-state index is -1.20. The third kappa shape index (κ3) is 4.80. The van der Waals surface area contributed by atoms with Crippen molar-refractivity contribution in [3.05, 3.63) is 0 Å². The van der Waals surface area contributed by atoms with Gasteiger partial charge in [0.15, 0.2) is 0 Å². The van der Waals surface area contributed by atoms with Gasteiger partial charge in [-0.1, -0.05) is 19.8 Å². The third-order valence-electron chi connectivity index (χ3n) is 3.17. The lowest BCUT2D eigenvalue weighted by molar-refractivity contribution is -0.160. The fourth-order valence-electron chi connectivity index (χ4n) is 1.86. The molecule has 0 aliphatic carbocycles. The molecule has 0 aliphatic heterocycles. The second-order valence-electron chi connectivity index (χ2n) is 4.71. The van der Waals surface area contributed by atoms with Gasteiger partial charge in [0.2, 0.25) is 5.91 Å². The number of carbonyl (C=O) groups is 3. The highest BCUT2D eigenvalue weighted by molar-refractivity contribution is 5.91. The molecular weight excluding hydrogens is 264 g/mol. The van der Waals surface area contributed by atoms with Gasteiger partial charge in [0.05, 0.1) is 13.2 Å². The van der Waals surface area contributed by atoms with Crippen molar-refractivity contribution >= 4 is 17.8 Å². The number of carboxylic acids is 1. The lowest BCUT2D eigenvalue weighted by atomic mass is 10.1. The first-order valence-electron chi connectivity index (χ1n) is 6.66. The van der Waals surface area contributed by atoms with Gasteiger partial charge in [0.25, 0.3) is 0 Å². The van der Waals surface area contributed by atoms with Gasteiger partial charge >= 0.3 is 11.9 Å². The largest absolute Gasteiger partial charge is 0.480 e. The maximum absolute atomic E-state index is 12.3. The van der Waals surface area contributed by atoms with Crippen molar-refractivity contribution in [2.45, 2.75) is 58.2 Å². The van der Waals surface area contributed by atoms with Gasteiger partial charge in [-0.2, -0.15) is 0 Å². The van der Waals surface area contributed by atoms with Crippen molar-refractivity contribution in [1.29, 1.82) is 0 Å². The molecule has 7 nitrogen and oxygen atoms in total. The predicted octanol–water partition coefficient (Wildman–Crippen LogP) is 0.367. The van der Waals surface area contributed by atoms with E-state index in [1.165, 1.54) is 21.0 Å². The molecular formula is C13H24N2O5. The Morgan fingerprint density at radius 2 is 1.80 bits per heavy atom. The summed E-state index contributed by atoms with van der Waals surface area (Å²) < 4.78 is 4.57. The number of unbranched alkanes of at least 4 members (excludes halogenated alkanes) is 1. The van der Waals surface area contributed by atoms with E-state index in [4.69, 9.17) is 10.8 Å². The number of carbonyl (C=O) groups excluding carboxylic acids is 2. The van der Waals surface area contributed by atoms with Crippen molar-refractivity contribution in [2.75, 3.05) is 7.11 Å². The summed E-state index contributed by atoms with van der Waals surface area (Å²) in [7, 11) is 1.18. The first-order chi connectivity index (χ1) is 9.27. The molecule has 0 aromatic heterocycles. The topological polar surface area (TPSA) is 110 Å². The van der Waals surface area contributed by atoms with Gasteiger partial charge < -0.3 is 20.5 Å². The minimum absolute atomic E-state index is 0.450. The number of nitrogens with zero attached hydrogens (tertiary/aromatic N) is 1. The van der Waals surface area contributed by atoms with Crippen LogP contribution in [0.3, 0.4) is 0 Å². The Morgan fingerprint density at radius 3 is 2.20 bits per heavy atom. The molecule has 3 atom stereocenters. The van der Waals surface area contributed by atoms with Crippen LogP contribution in [-0.2, 0) is 19.1 Å². The fourth-order valence-corrected chi connectivity index (χ4v) is 1.86. The molecule has 0 aromatic rings. The van der Waals surface area contributed by atoms with E-state index in [0.717, 1.165) is 17.7 Å². The van der Waals surface area contributed by atoms with Crippen LogP contribution in [0.4, 0.5) is 0 Å². The van der Waals surface area contributed by atoms with Crippen LogP contribution in [-0.4, -0.2) is 53.1 Å². The van der Waals surface area contributed by atoms with Gasteiger partial charge in [-0.3, -0.25) is 4.79 Å².